The summed E-state index contributed by atoms with van der Waals surface area (Å²) in [6.45, 7) is 3.76. The van der Waals surface area contributed by atoms with E-state index in [0.717, 1.165) is 23.4 Å². The van der Waals surface area contributed by atoms with Crippen LogP contribution >= 0.6 is 0 Å². The van der Waals surface area contributed by atoms with E-state index in [-0.39, 0.29) is 0 Å². The Morgan fingerprint density at radius 3 is 3.25 bits per heavy atom. The van der Waals surface area contributed by atoms with Gasteiger partial charge in [0.05, 0.1) is 0 Å². The second kappa shape index (κ2) is 3.34. The molecule has 0 atom stereocenters. The van der Waals surface area contributed by atoms with Gasteiger partial charge in [-0.25, -0.2) is 8.80 Å². The number of nitrogens with zero attached hydrogens (tertiary/aromatic N) is 2. The third-order valence-electron chi connectivity index (χ3n) is 2.98. The first-order valence-corrected chi connectivity index (χ1v) is 5.28. The summed E-state index contributed by atoms with van der Waals surface area (Å²) in [5, 5.41) is 0. The zero-order valence-corrected chi connectivity index (χ0v) is 8.81. The number of fused-ring (bicyclic) bond motifs is 2. The molecule has 3 heterocycles. The highest BCUT2D eigenvalue weighted by atomic mass is 19.1. The zero-order chi connectivity index (χ0) is 11.1. The second-order valence-electron chi connectivity index (χ2n) is 3.88. The Morgan fingerprint density at radius 1 is 1.56 bits per heavy atom. The summed E-state index contributed by atoms with van der Waals surface area (Å²) in [7, 11) is -1.14. The lowest BCUT2D eigenvalue weighted by Gasteiger charge is -2.16. The third-order valence-corrected chi connectivity index (χ3v) is 2.98. The fraction of sp³-hybridized carbons (Fsp3) is 0.0833. The molecule has 0 aliphatic carbocycles. The van der Waals surface area contributed by atoms with Crippen LogP contribution in [0.25, 0.3) is 5.57 Å². The van der Waals surface area contributed by atoms with Gasteiger partial charge in [0.25, 0.3) is 0 Å². The van der Waals surface area contributed by atoms with Gasteiger partial charge in [0.2, 0.25) is 0 Å². The molecule has 16 heavy (non-hydrogen) atoms. The first kappa shape index (κ1) is 9.40. The van der Waals surface area contributed by atoms with Crippen LogP contribution in [0.3, 0.4) is 0 Å². The minimum absolute atomic E-state index is 0.751. The van der Waals surface area contributed by atoms with Crippen LogP contribution in [0.1, 0.15) is 12.1 Å². The summed E-state index contributed by atoms with van der Waals surface area (Å²) < 4.78 is 17.4. The summed E-state index contributed by atoms with van der Waals surface area (Å²) in [6.07, 6.45) is 9.96. The van der Waals surface area contributed by atoms with Crippen molar-refractivity contribution in [1.29, 1.82) is 0 Å². The van der Waals surface area contributed by atoms with Crippen LogP contribution in [-0.4, -0.2) is 22.4 Å². The molecule has 0 N–H and O–H groups in total. The van der Waals surface area contributed by atoms with Crippen LogP contribution in [0.2, 0.25) is 0 Å². The molecule has 3 rings (SSSR count). The SMILES string of the molecule is C=CCC1=C2C=CC=[N+]2B(F)n2cccc21. The second-order valence-corrected chi connectivity index (χ2v) is 3.88. The number of aromatic nitrogens is 1. The molecule has 0 unspecified atom stereocenters. The van der Waals surface area contributed by atoms with E-state index in [1.807, 2.05) is 30.4 Å². The summed E-state index contributed by atoms with van der Waals surface area (Å²) in [4.78, 5) is 0. The van der Waals surface area contributed by atoms with Crippen molar-refractivity contribution in [3.63, 3.8) is 0 Å². The molecule has 0 saturated carbocycles. The van der Waals surface area contributed by atoms with E-state index in [0.29, 0.717) is 0 Å². The minimum Gasteiger partial charge on any atom is -0.293 e. The van der Waals surface area contributed by atoms with Crippen molar-refractivity contribution in [3.8, 4) is 0 Å². The fourth-order valence-corrected chi connectivity index (χ4v) is 2.29. The molecule has 0 aromatic carbocycles. The van der Waals surface area contributed by atoms with Crippen molar-refractivity contribution in [2.45, 2.75) is 6.42 Å². The first-order chi connectivity index (χ1) is 7.83. The predicted octanol–water partition coefficient (Wildman–Crippen LogP) is 2.24. The van der Waals surface area contributed by atoms with Gasteiger partial charge in [-0.1, -0.05) is 6.08 Å². The largest absolute Gasteiger partial charge is 0.845 e. The van der Waals surface area contributed by atoms with Crippen molar-refractivity contribution >= 4 is 19.0 Å². The number of allylic oxidation sites excluding steroid dienone is 4. The molecular formula is C12H11BFN2+. The maximum atomic E-state index is 14.1. The van der Waals surface area contributed by atoms with E-state index in [1.54, 1.807) is 21.4 Å². The summed E-state index contributed by atoms with van der Waals surface area (Å²) in [5.41, 5.74) is 3.01. The molecule has 2 aliphatic rings. The maximum absolute atomic E-state index is 14.1. The number of hydrogen-bond acceptors (Lipinski definition) is 0. The Balaban J connectivity index is 2.26. The maximum Gasteiger partial charge on any atom is 0.845 e. The van der Waals surface area contributed by atoms with Crippen molar-refractivity contribution < 1.29 is 8.80 Å². The van der Waals surface area contributed by atoms with E-state index in [9.17, 15) is 4.32 Å². The van der Waals surface area contributed by atoms with Crippen LogP contribution in [0, 0.1) is 0 Å². The molecule has 0 amide bonds. The normalized spacial score (nSPS) is 17.3. The van der Waals surface area contributed by atoms with Gasteiger partial charge in [-0.3, -0.25) is 4.48 Å². The zero-order valence-electron chi connectivity index (χ0n) is 8.81. The Bertz CT molecular complexity index is 551. The van der Waals surface area contributed by atoms with Gasteiger partial charge in [0.1, 0.15) is 6.21 Å². The standard InChI is InChI=1S/C12H11BFN2/c1-2-5-10-11-6-3-8-15(11)13(14)16-9-4-7-12(10)16/h2-4,6-9H,1,5H2/q+1. The average Bonchev–Trinajstić information content (AvgIpc) is 2.92. The molecule has 4 heteroatoms. The Labute approximate surface area is 93.9 Å². The Hall–Kier alpha value is -1.84. The molecule has 2 nitrogen and oxygen atoms in total. The number of halogens is 1. The highest BCUT2D eigenvalue weighted by molar-refractivity contribution is 6.42. The quantitative estimate of drug-likeness (QED) is 0.525. The molecule has 2 aliphatic heterocycles. The van der Waals surface area contributed by atoms with Crippen LogP contribution in [-0.2, 0) is 0 Å². The lowest BCUT2D eigenvalue weighted by Crippen LogP contribution is -2.37. The monoisotopic (exact) mass is 213 g/mol. The van der Waals surface area contributed by atoms with E-state index < -0.39 is 7.26 Å². The van der Waals surface area contributed by atoms with Gasteiger partial charge in [-0.05, 0) is 18.6 Å². The van der Waals surface area contributed by atoms with Crippen LogP contribution in [0.15, 0.2) is 48.8 Å². The van der Waals surface area contributed by atoms with E-state index >= 15 is 0 Å². The Kier molecular flexibility index (Phi) is 1.96. The van der Waals surface area contributed by atoms with Crippen molar-refractivity contribution in [2.75, 3.05) is 0 Å². The van der Waals surface area contributed by atoms with Crippen LogP contribution in [0.5, 0.6) is 0 Å². The molecular weight excluding hydrogens is 202 g/mol. The van der Waals surface area contributed by atoms with Gasteiger partial charge in [-0.15, -0.1) is 6.58 Å². The number of hydrogen-bond donors (Lipinski definition) is 0. The molecule has 0 bridgehead atoms. The van der Waals surface area contributed by atoms with E-state index in [1.165, 1.54) is 0 Å². The highest BCUT2D eigenvalue weighted by Crippen LogP contribution is 2.31. The highest BCUT2D eigenvalue weighted by Gasteiger charge is 2.45. The molecule has 78 valence electrons. The lowest BCUT2D eigenvalue weighted by molar-refractivity contribution is -0.329. The molecule has 1 aromatic rings. The molecule has 0 spiro atoms. The van der Waals surface area contributed by atoms with Gasteiger partial charge >= 0.3 is 7.26 Å². The van der Waals surface area contributed by atoms with Crippen LogP contribution in [0.4, 0.5) is 4.32 Å². The summed E-state index contributed by atoms with van der Waals surface area (Å²) in [5.74, 6) is 0. The van der Waals surface area contributed by atoms with E-state index in [2.05, 4.69) is 6.58 Å². The smallest absolute Gasteiger partial charge is 0.293 e. The van der Waals surface area contributed by atoms with Gasteiger partial charge in [0, 0.05) is 29.6 Å². The number of rotatable bonds is 2. The molecule has 0 saturated heterocycles. The first-order valence-electron chi connectivity index (χ1n) is 5.28. The lowest BCUT2D eigenvalue weighted by atomic mass is 9.93. The predicted molar refractivity (Wildman–Crippen MR) is 63.9 cm³/mol. The fourth-order valence-electron chi connectivity index (χ4n) is 2.29. The van der Waals surface area contributed by atoms with Crippen molar-refractivity contribution in [1.82, 2.24) is 4.48 Å². The van der Waals surface area contributed by atoms with E-state index in [4.69, 9.17) is 0 Å². The van der Waals surface area contributed by atoms with Crippen LogP contribution < -0.4 is 0 Å². The topological polar surface area (TPSA) is 7.94 Å². The molecule has 0 radical (unpaired) electrons. The third kappa shape index (κ3) is 1.10. The molecule has 1 aromatic heterocycles. The van der Waals surface area contributed by atoms with Crippen molar-refractivity contribution in [2.24, 2.45) is 0 Å². The summed E-state index contributed by atoms with van der Waals surface area (Å²) in [6, 6.07) is 3.82. The minimum atomic E-state index is -1.14. The average molecular weight is 213 g/mol. The molecule has 0 fully saturated rings. The van der Waals surface area contributed by atoms with Gasteiger partial charge in [0.15, 0.2) is 5.70 Å². The summed E-state index contributed by atoms with van der Waals surface area (Å²) >= 11 is 0. The van der Waals surface area contributed by atoms with Gasteiger partial charge in [-0.2, -0.15) is 0 Å². The Morgan fingerprint density at radius 2 is 2.44 bits per heavy atom. The van der Waals surface area contributed by atoms with Gasteiger partial charge < -0.3 is 0 Å². The van der Waals surface area contributed by atoms with Crippen molar-refractivity contribution in [3.05, 3.63) is 54.5 Å².